The predicted octanol–water partition coefficient (Wildman–Crippen LogP) is 0.0743. The van der Waals surface area contributed by atoms with Gasteiger partial charge in [0.25, 0.3) is 0 Å². The first kappa shape index (κ1) is 19.4. The van der Waals surface area contributed by atoms with Crippen molar-refractivity contribution < 1.29 is 42.9 Å². The average molecular weight is 397 g/mol. The molecule has 10 heteroatoms. The van der Waals surface area contributed by atoms with E-state index in [1.807, 2.05) is 0 Å². The third-order valence-electron chi connectivity index (χ3n) is 2.82. The zero-order chi connectivity index (χ0) is 17.7. The quantitative estimate of drug-likeness (QED) is 0.369. The molecule has 1 aliphatic heterocycles. The van der Waals surface area contributed by atoms with Gasteiger partial charge in [-0.15, -0.1) is 0 Å². The van der Waals surface area contributed by atoms with Crippen molar-refractivity contribution in [2.24, 2.45) is 0 Å². The van der Waals surface area contributed by atoms with Crippen molar-refractivity contribution >= 4 is 39.8 Å². The van der Waals surface area contributed by atoms with Gasteiger partial charge >= 0.3 is 23.9 Å². The third kappa shape index (κ3) is 5.17. The second-order valence-corrected chi connectivity index (χ2v) is 5.56. The summed E-state index contributed by atoms with van der Waals surface area (Å²) in [4.78, 5) is 45.8. The number of hydrogen-bond donors (Lipinski definition) is 0. The Balaban J connectivity index is 3.21. The van der Waals surface area contributed by atoms with Gasteiger partial charge in [-0.25, -0.2) is 4.79 Å². The Hall–Kier alpha value is -1.68. The Morgan fingerprint density at radius 1 is 0.826 bits per heavy atom. The van der Waals surface area contributed by atoms with Crippen LogP contribution in [0.2, 0.25) is 0 Å². The molecule has 3 unspecified atom stereocenters. The van der Waals surface area contributed by atoms with Gasteiger partial charge in [0.1, 0.15) is 0 Å². The lowest BCUT2D eigenvalue weighted by Crippen LogP contribution is -2.61. The summed E-state index contributed by atoms with van der Waals surface area (Å²) in [7, 11) is 1.12. The van der Waals surface area contributed by atoms with Gasteiger partial charge in [-0.3, -0.25) is 14.4 Å². The van der Waals surface area contributed by atoms with E-state index in [-0.39, 0.29) is 0 Å². The molecule has 0 aromatic carbocycles. The standard InChI is InChI=1S/C13H17BrO9/c1-5(15)20-8-9(21-6(2)16)11(13(18)19-4)23-12(14)10(8)22-7(3)17/h8-12H,1-4H3/t8?,9?,10-,11?,12-/m0/s1. The highest BCUT2D eigenvalue weighted by atomic mass is 79.9. The number of rotatable bonds is 4. The summed E-state index contributed by atoms with van der Waals surface area (Å²) in [5, 5.41) is -0.980. The molecular formula is C13H17BrO9. The second-order valence-electron chi connectivity index (χ2n) is 4.65. The molecule has 0 saturated carbocycles. The molecule has 0 bridgehead atoms. The number of ether oxygens (including phenoxy) is 5. The number of alkyl halides is 1. The van der Waals surface area contributed by atoms with Crippen LogP contribution in [0.25, 0.3) is 0 Å². The molecule has 0 aliphatic carbocycles. The maximum atomic E-state index is 11.9. The zero-order valence-corrected chi connectivity index (χ0v) is 14.5. The van der Waals surface area contributed by atoms with Crippen LogP contribution >= 0.6 is 15.9 Å². The van der Waals surface area contributed by atoms with Gasteiger partial charge in [-0.05, 0) is 0 Å². The average Bonchev–Trinajstić information content (AvgIpc) is 2.43. The van der Waals surface area contributed by atoms with Crippen LogP contribution in [0, 0.1) is 0 Å². The molecule has 9 nitrogen and oxygen atoms in total. The fraction of sp³-hybridized carbons (Fsp3) is 0.692. The Kier molecular flexibility index (Phi) is 6.95. The van der Waals surface area contributed by atoms with Gasteiger partial charge in [0, 0.05) is 20.8 Å². The van der Waals surface area contributed by atoms with E-state index in [0.29, 0.717) is 0 Å². The molecule has 1 saturated heterocycles. The van der Waals surface area contributed by atoms with Crippen molar-refractivity contribution in [2.45, 2.75) is 50.2 Å². The lowest BCUT2D eigenvalue weighted by molar-refractivity contribution is -0.234. The first-order chi connectivity index (χ1) is 10.7. The molecule has 23 heavy (non-hydrogen) atoms. The normalized spacial score (nSPS) is 30.0. The minimum Gasteiger partial charge on any atom is -0.467 e. The summed E-state index contributed by atoms with van der Waals surface area (Å²) in [5.74, 6) is -2.95. The largest absolute Gasteiger partial charge is 0.467 e. The molecule has 1 fully saturated rings. The Bertz CT molecular complexity index is 492. The van der Waals surface area contributed by atoms with Gasteiger partial charge in [0.15, 0.2) is 29.4 Å². The van der Waals surface area contributed by atoms with E-state index in [1.54, 1.807) is 0 Å². The van der Waals surface area contributed by atoms with Crippen molar-refractivity contribution in [1.29, 1.82) is 0 Å². The van der Waals surface area contributed by atoms with Crippen LogP contribution in [0.15, 0.2) is 0 Å². The van der Waals surface area contributed by atoms with Crippen LogP contribution in [-0.2, 0) is 42.9 Å². The van der Waals surface area contributed by atoms with E-state index in [0.717, 1.165) is 27.9 Å². The van der Waals surface area contributed by atoms with Crippen LogP contribution in [0.4, 0.5) is 0 Å². The van der Waals surface area contributed by atoms with Crippen molar-refractivity contribution in [3.8, 4) is 0 Å². The van der Waals surface area contributed by atoms with Gasteiger partial charge in [-0.2, -0.15) is 0 Å². The van der Waals surface area contributed by atoms with Crippen molar-refractivity contribution in [3.63, 3.8) is 0 Å². The first-order valence-electron chi connectivity index (χ1n) is 6.56. The fourth-order valence-electron chi connectivity index (χ4n) is 2.07. The summed E-state index contributed by atoms with van der Waals surface area (Å²) >= 11 is 3.11. The van der Waals surface area contributed by atoms with Gasteiger partial charge in [-0.1, -0.05) is 15.9 Å². The molecule has 0 aromatic heterocycles. The molecular weight excluding hydrogens is 380 g/mol. The molecule has 130 valence electrons. The Labute approximate surface area is 140 Å². The number of carbonyl (C=O) groups is 4. The number of esters is 4. The minimum absolute atomic E-state index is 0.668. The molecule has 5 atom stereocenters. The summed E-state index contributed by atoms with van der Waals surface area (Å²) < 4.78 is 25.2. The monoisotopic (exact) mass is 396 g/mol. The SMILES string of the molecule is COC(=O)C1O[C@H](Br)[C@@H](OC(C)=O)C(OC(C)=O)C1OC(C)=O. The molecule has 0 spiro atoms. The van der Waals surface area contributed by atoms with E-state index in [9.17, 15) is 19.2 Å². The number of carbonyl (C=O) groups excluding carboxylic acids is 4. The van der Waals surface area contributed by atoms with Crippen molar-refractivity contribution in [2.75, 3.05) is 7.11 Å². The summed E-state index contributed by atoms with van der Waals surface area (Å²) in [6, 6.07) is 0. The maximum Gasteiger partial charge on any atom is 0.339 e. The fourth-order valence-corrected chi connectivity index (χ4v) is 2.71. The highest BCUT2D eigenvalue weighted by Crippen LogP contribution is 2.31. The topological polar surface area (TPSA) is 114 Å². The first-order valence-corrected chi connectivity index (χ1v) is 7.48. The summed E-state index contributed by atoms with van der Waals surface area (Å²) in [6.45, 7) is 3.39. The maximum absolute atomic E-state index is 11.9. The molecule has 0 aromatic rings. The highest BCUT2D eigenvalue weighted by Gasteiger charge is 2.53. The lowest BCUT2D eigenvalue weighted by Gasteiger charge is -2.41. The second kappa shape index (κ2) is 8.25. The van der Waals surface area contributed by atoms with Crippen LogP contribution < -0.4 is 0 Å². The number of halogens is 1. The minimum atomic E-state index is -1.36. The molecule has 0 radical (unpaired) electrons. The van der Waals surface area contributed by atoms with E-state index in [4.69, 9.17) is 18.9 Å². The van der Waals surface area contributed by atoms with Gasteiger partial charge in [0.2, 0.25) is 0 Å². The van der Waals surface area contributed by atoms with E-state index in [1.165, 1.54) is 0 Å². The van der Waals surface area contributed by atoms with Crippen LogP contribution in [-0.4, -0.2) is 60.4 Å². The van der Waals surface area contributed by atoms with Crippen LogP contribution in [0.5, 0.6) is 0 Å². The number of methoxy groups -OCH3 is 1. The smallest absolute Gasteiger partial charge is 0.339 e. The van der Waals surface area contributed by atoms with Gasteiger partial charge in [0.05, 0.1) is 7.11 Å². The molecule has 1 heterocycles. The van der Waals surface area contributed by atoms with E-state index in [2.05, 4.69) is 20.7 Å². The summed E-state index contributed by atoms with van der Waals surface area (Å²) in [6.07, 6.45) is -5.06. The Morgan fingerprint density at radius 3 is 1.70 bits per heavy atom. The molecule has 1 rings (SSSR count). The van der Waals surface area contributed by atoms with Gasteiger partial charge < -0.3 is 23.7 Å². The Morgan fingerprint density at radius 2 is 1.26 bits per heavy atom. The molecule has 0 amide bonds. The van der Waals surface area contributed by atoms with Crippen LogP contribution in [0.3, 0.4) is 0 Å². The molecule has 1 aliphatic rings. The lowest BCUT2D eigenvalue weighted by atomic mass is 9.99. The zero-order valence-electron chi connectivity index (χ0n) is 12.9. The van der Waals surface area contributed by atoms with Crippen LogP contribution in [0.1, 0.15) is 20.8 Å². The highest BCUT2D eigenvalue weighted by molar-refractivity contribution is 9.09. The summed E-state index contributed by atoms with van der Waals surface area (Å²) in [5.41, 5.74) is 0. The molecule has 0 N–H and O–H groups in total. The predicted molar refractivity (Wildman–Crippen MR) is 76.3 cm³/mol. The third-order valence-corrected chi connectivity index (χ3v) is 3.56. The van der Waals surface area contributed by atoms with E-state index < -0.39 is 53.3 Å². The van der Waals surface area contributed by atoms with Crippen molar-refractivity contribution in [1.82, 2.24) is 0 Å². The number of hydrogen-bond acceptors (Lipinski definition) is 9. The van der Waals surface area contributed by atoms with Crippen molar-refractivity contribution in [3.05, 3.63) is 0 Å². The van der Waals surface area contributed by atoms with E-state index >= 15 is 0 Å².